The smallest absolute Gasteiger partial charge is 0.320 e. The number of benzene rings is 1. The molecule has 0 fully saturated rings. The van der Waals surface area contributed by atoms with Crippen molar-refractivity contribution in [1.29, 1.82) is 0 Å². The average Bonchev–Trinajstić information content (AvgIpc) is 2.39. The summed E-state index contributed by atoms with van der Waals surface area (Å²) in [5, 5.41) is 9.12. The van der Waals surface area contributed by atoms with E-state index in [1.807, 2.05) is 31.2 Å². The Hall–Kier alpha value is -1.75. The molecule has 0 amide bonds. The van der Waals surface area contributed by atoms with E-state index in [1.165, 1.54) is 0 Å². The van der Waals surface area contributed by atoms with Crippen LogP contribution >= 0.6 is 0 Å². The van der Waals surface area contributed by atoms with Gasteiger partial charge in [0.1, 0.15) is 18.8 Å². The molecule has 19 heavy (non-hydrogen) atoms. The van der Waals surface area contributed by atoms with Crippen molar-refractivity contribution in [1.82, 2.24) is 4.90 Å². The largest absolute Gasteiger partial charge is 0.486 e. The highest BCUT2D eigenvalue weighted by Gasteiger charge is 2.27. The molecule has 1 aromatic carbocycles. The molecule has 1 aromatic rings. The van der Waals surface area contributed by atoms with Gasteiger partial charge in [0.25, 0.3) is 0 Å². The van der Waals surface area contributed by atoms with E-state index in [4.69, 9.17) is 14.6 Å². The van der Waals surface area contributed by atoms with Gasteiger partial charge in [0.2, 0.25) is 0 Å². The van der Waals surface area contributed by atoms with Gasteiger partial charge in [-0.15, -0.1) is 0 Å². The number of fused-ring (bicyclic) bond motifs is 1. The first-order valence-electron chi connectivity index (χ1n) is 6.43. The third-order valence-electron chi connectivity index (χ3n) is 3.26. The van der Waals surface area contributed by atoms with E-state index in [1.54, 1.807) is 11.9 Å². The summed E-state index contributed by atoms with van der Waals surface area (Å²) in [5.74, 6) is 0.657. The van der Waals surface area contributed by atoms with E-state index in [-0.39, 0.29) is 6.10 Å². The van der Waals surface area contributed by atoms with E-state index >= 15 is 0 Å². The van der Waals surface area contributed by atoms with Crippen molar-refractivity contribution in [3.8, 4) is 11.5 Å². The van der Waals surface area contributed by atoms with Crippen molar-refractivity contribution in [3.05, 3.63) is 24.3 Å². The van der Waals surface area contributed by atoms with Crippen LogP contribution in [0.25, 0.3) is 0 Å². The zero-order chi connectivity index (χ0) is 13.8. The third kappa shape index (κ3) is 3.17. The summed E-state index contributed by atoms with van der Waals surface area (Å²) in [6.45, 7) is 2.83. The van der Waals surface area contributed by atoms with Crippen LogP contribution in [0.3, 0.4) is 0 Å². The van der Waals surface area contributed by atoms with Crippen LogP contribution in [0.1, 0.15) is 13.3 Å². The summed E-state index contributed by atoms with van der Waals surface area (Å²) in [6.07, 6.45) is 0.420. The molecular weight excluding hydrogens is 246 g/mol. The van der Waals surface area contributed by atoms with Crippen molar-refractivity contribution in [3.63, 3.8) is 0 Å². The number of aliphatic carboxylic acids is 1. The fourth-order valence-electron chi connectivity index (χ4n) is 2.28. The second-order valence-corrected chi connectivity index (χ2v) is 4.70. The molecule has 1 heterocycles. The van der Waals surface area contributed by atoms with Crippen molar-refractivity contribution in [2.24, 2.45) is 0 Å². The maximum atomic E-state index is 11.1. The van der Waals surface area contributed by atoms with Crippen LogP contribution in [0, 0.1) is 0 Å². The van der Waals surface area contributed by atoms with Gasteiger partial charge in [-0.1, -0.05) is 19.1 Å². The van der Waals surface area contributed by atoms with Crippen LogP contribution in [-0.2, 0) is 4.79 Å². The lowest BCUT2D eigenvalue weighted by Gasteiger charge is -2.31. The highest BCUT2D eigenvalue weighted by Crippen LogP contribution is 2.31. The minimum atomic E-state index is -0.804. The highest BCUT2D eigenvalue weighted by molar-refractivity contribution is 5.73. The molecule has 0 radical (unpaired) electrons. The normalized spacial score (nSPS) is 19.2. The zero-order valence-electron chi connectivity index (χ0n) is 11.2. The first kappa shape index (κ1) is 13.7. The Labute approximate surface area is 112 Å². The van der Waals surface area contributed by atoms with Gasteiger partial charge in [0, 0.05) is 6.54 Å². The van der Waals surface area contributed by atoms with Gasteiger partial charge in [-0.05, 0) is 25.6 Å². The quantitative estimate of drug-likeness (QED) is 0.876. The van der Waals surface area contributed by atoms with E-state index in [9.17, 15) is 4.79 Å². The summed E-state index contributed by atoms with van der Waals surface area (Å²) in [5.41, 5.74) is 0. The maximum Gasteiger partial charge on any atom is 0.320 e. The molecule has 5 nitrogen and oxygen atoms in total. The number of carboxylic acids is 1. The minimum Gasteiger partial charge on any atom is -0.486 e. The lowest BCUT2D eigenvalue weighted by atomic mass is 10.2. The van der Waals surface area contributed by atoms with Crippen LogP contribution in [0.2, 0.25) is 0 Å². The second kappa shape index (κ2) is 5.93. The van der Waals surface area contributed by atoms with Crippen LogP contribution in [0.15, 0.2) is 24.3 Å². The first-order chi connectivity index (χ1) is 9.11. The Bertz CT molecular complexity index is 449. The summed E-state index contributed by atoms with van der Waals surface area (Å²) >= 11 is 0. The number of hydrogen-bond donors (Lipinski definition) is 1. The van der Waals surface area contributed by atoms with Crippen LogP contribution in [0.5, 0.6) is 11.5 Å². The van der Waals surface area contributed by atoms with Gasteiger partial charge < -0.3 is 14.6 Å². The molecule has 2 atom stereocenters. The van der Waals surface area contributed by atoms with E-state index in [2.05, 4.69) is 0 Å². The Morgan fingerprint density at radius 1 is 1.47 bits per heavy atom. The third-order valence-corrected chi connectivity index (χ3v) is 3.26. The van der Waals surface area contributed by atoms with E-state index in [0.717, 1.165) is 11.5 Å². The SMILES string of the molecule is CC[C@@H](C(=O)O)N(C)C[C@@H]1COc2ccccc2O1. The molecule has 1 N–H and O–H groups in total. The molecule has 5 heteroatoms. The van der Waals surface area contributed by atoms with Crippen molar-refractivity contribution in [2.45, 2.75) is 25.5 Å². The summed E-state index contributed by atoms with van der Waals surface area (Å²) < 4.78 is 11.4. The Balaban J connectivity index is 1.96. The van der Waals surface area contributed by atoms with Crippen LogP contribution in [-0.4, -0.2) is 48.3 Å². The van der Waals surface area contributed by atoms with Crippen LogP contribution in [0.4, 0.5) is 0 Å². The van der Waals surface area contributed by atoms with Gasteiger partial charge in [0.15, 0.2) is 11.5 Å². The number of likely N-dealkylation sites (N-methyl/N-ethyl adjacent to an activating group) is 1. The molecule has 0 saturated carbocycles. The molecule has 0 bridgehead atoms. The molecule has 0 unspecified atom stereocenters. The Morgan fingerprint density at radius 3 is 2.79 bits per heavy atom. The summed E-state index contributed by atoms with van der Waals surface area (Å²) in [4.78, 5) is 12.9. The lowest BCUT2D eigenvalue weighted by Crippen LogP contribution is -2.46. The first-order valence-corrected chi connectivity index (χ1v) is 6.43. The maximum absolute atomic E-state index is 11.1. The standard InChI is InChI=1S/C14H19NO4/c1-3-11(14(16)17)15(2)8-10-9-18-12-6-4-5-7-13(12)19-10/h4-7,10-11H,3,8-9H2,1-2H3,(H,16,17)/t10-,11+/m1/s1. The highest BCUT2D eigenvalue weighted by atomic mass is 16.6. The van der Waals surface area contributed by atoms with Crippen LogP contribution < -0.4 is 9.47 Å². The number of nitrogens with zero attached hydrogens (tertiary/aromatic N) is 1. The second-order valence-electron chi connectivity index (χ2n) is 4.70. The molecule has 1 aliphatic rings. The van der Waals surface area contributed by atoms with Crippen molar-refractivity contribution >= 4 is 5.97 Å². The Morgan fingerprint density at radius 2 is 2.16 bits per heavy atom. The topological polar surface area (TPSA) is 59.0 Å². The molecule has 0 saturated heterocycles. The molecule has 0 aliphatic carbocycles. The number of ether oxygens (including phenoxy) is 2. The van der Waals surface area contributed by atoms with Gasteiger partial charge in [0.05, 0.1) is 0 Å². The molecule has 0 spiro atoms. The monoisotopic (exact) mass is 265 g/mol. The molecule has 1 aliphatic heterocycles. The molecular formula is C14H19NO4. The molecule has 104 valence electrons. The minimum absolute atomic E-state index is 0.145. The molecule has 0 aromatic heterocycles. The van der Waals surface area contributed by atoms with Crippen molar-refractivity contribution < 1.29 is 19.4 Å². The van der Waals surface area contributed by atoms with Gasteiger partial charge in [-0.2, -0.15) is 0 Å². The number of rotatable bonds is 5. The van der Waals surface area contributed by atoms with E-state index in [0.29, 0.717) is 19.6 Å². The average molecular weight is 265 g/mol. The number of carbonyl (C=O) groups is 1. The summed E-state index contributed by atoms with van der Waals surface area (Å²) in [6, 6.07) is 7.02. The zero-order valence-corrected chi connectivity index (χ0v) is 11.2. The predicted molar refractivity (Wildman–Crippen MR) is 70.7 cm³/mol. The van der Waals surface area contributed by atoms with Gasteiger partial charge in [-0.25, -0.2) is 0 Å². The number of para-hydroxylation sites is 2. The Kier molecular flexibility index (Phi) is 4.27. The summed E-state index contributed by atoms with van der Waals surface area (Å²) in [7, 11) is 1.80. The lowest BCUT2D eigenvalue weighted by molar-refractivity contribution is -0.143. The fourth-order valence-corrected chi connectivity index (χ4v) is 2.28. The predicted octanol–water partition coefficient (Wildman–Crippen LogP) is 1.62. The van der Waals surface area contributed by atoms with Gasteiger partial charge >= 0.3 is 5.97 Å². The number of hydrogen-bond acceptors (Lipinski definition) is 4. The van der Waals surface area contributed by atoms with Crippen molar-refractivity contribution in [2.75, 3.05) is 20.2 Å². The number of carboxylic acid groups (broad SMARTS) is 1. The fraction of sp³-hybridized carbons (Fsp3) is 0.500. The van der Waals surface area contributed by atoms with E-state index < -0.39 is 12.0 Å². The van der Waals surface area contributed by atoms with Gasteiger partial charge in [-0.3, -0.25) is 9.69 Å². The molecule has 2 rings (SSSR count).